The summed E-state index contributed by atoms with van der Waals surface area (Å²) in [4.78, 5) is 8.19. The highest BCUT2D eigenvalue weighted by Gasteiger charge is 2.30. The smallest absolute Gasteiger partial charge is 0.194 e. The zero-order chi connectivity index (χ0) is 10.1. The Labute approximate surface area is 86.0 Å². The van der Waals surface area contributed by atoms with Crippen LogP contribution < -0.4 is 5.73 Å². The van der Waals surface area contributed by atoms with Crippen molar-refractivity contribution in [2.75, 3.05) is 12.0 Å². The minimum atomic E-state index is -0.402. The van der Waals surface area contributed by atoms with E-state index in [1.165, 1.54) is 11.8 Å². The number of nitrogen functional groups attached to an aromatic ring is 1. The van der Waals surface area contributed by atoms with Crippen LogP contribution in [0.15, 0.2) is 11.4 Å². The third-order valence-corrected chi connectivity index (χ3v) is 2.45. The molecule has 1 saturated heterocycles. The van der Waals surface area contributed by atoms with Crippen molar-refractivity contribution in [3.05, 3.63) is 11.8 Å². The second-order valence-electron chi connectivity index (χ2n) is 2.87. The van der Waals surface area contributed by atoms with Crippen molar-refractivity contribution < 1.29 is 9.47 Å². The lowest BCUT2D eigenvalue weighted by atomic mass is 10.3. The molecule has 0 spiro atoms. The SMILES string of the molecule is CSc1ncc(C2OC(C)O2)c(N)n1. The molecule has 6 heteroatoms. The number of ether oxygens (including phenoxy) is 2. The summed E-state index contributed by atoms with van der Waals surface area (Å²) in [6, 6.07) is 0. The van der Waals surface area contributed by atoms with Gasteiger partial charge in [0.25, 0.3) is 0 Å². The van der Waals surface area contributed by atoms with Crippen LogP contribution in [0.1, 0.15) is 18.8 Å². The van der Waals surface area contributed by atoms with Gasteiger partial charge in [0.2, 0.25) is 0 Å². The lowest BCUT2D eigenvalue weighted by Crippen LogP contribution is -2.32. The van der Waals surface area contributed by atoms with E-state index in [2.05, 4.69) is 9.97 Å². The van der Waals surface area contributed by atoms with Crippen LogP contribution in [0.3, 0.4) is 0 Å². The van der Waals surface area contributed by atoms with Crippen molar-refractivity contribution in [3.63, 3.8) is 0 Å². The van der Waals surface area contributed by atoms with Gasteiger partial charge in [-0.3, -0.25) is 0 Å². The summed E-state index contributed by atoms with van der Waals surface area (Å²) in [7, 11) is 0. The lowest BCUT2D eigenvalue weighted by molar-refractivity contribution is -0.382. The zero-order valence-corrected chi connectivity index (χ0v) is 8.75. The third kappa shape index (κ3) is 1.68. The fourth-order valence-electron chi connectivity index (χ4n) is 1.17. The van der Waals surface area contributed by atoms with Crippen LogP contribution in [0, 0.1) is 0 Å². The Kier molecular flexibility index (Phi) is 2.58. The minimum absolute atomic E-state index is 0.167. The molecule has 0 saturated carbocycles. The van der Waals surface area contributed by atoms with Crippen molar-refractivity contribution in [2.24, 2.45) is 0 Å². The maximum atomic E-state index is 5.73. The highest BCUT2D eigenvalue weighted by Crippen LogP contribution is 2.33. The number of anilines is 1. The van der Waals surface area contributed by atoms with Crippen molar-refractivity contribution in [1.29, 1.82) is 0 Å². The van der Waals surface area contributed by atoms with E-state index >= 15 is 0 Å². The van der Waals surface area contributed by atoms with E-state index in [4.69, 9.17) is 15.2 Å². The monoisotopic (exact) mass is 213 g/mol. The van der Waals surface area contributed by atoms with Gasteiger partial charge in [-0.05, 0) is 13.2 Å². The Bertz CT molecular complexity index is 341. The van der Waals surface area contributed by atoms with Gasteiger partial charge in [-0.25, -0.2) is 9.97 Å². The van der Waals surface area contributed by atoms with Gasteiger partial charge >= 0.3 is 0 Å². The Balaban J connectivity index is 2.18. The molecule has 1 aliphatic heterocycles. The lowest BCUT2D eigenvalue weighted by Gasteiger charge is -2.33. The molecule has 0 atom stereocenters. The van der Waals surface area contributed by atoms with Crippen LogP contribution in [0.25, 0.3) is 0 Å². The molecule has 1 aromatic rings. The molecule has 1 fully saturated rings. The molecule has 0 bridgehead atoms. The molecule has 2 heterocycles. The summed E-state index contributed by atoms with van der Waals surface area (Å²) in [5, 5.41) is 0.652. The largest absolute Gasteiger partial charge is 0.383 e. The van der Waals surface area contributed by atoms with Gasteiger partial charge in [-0.1, -0.05) is 11.8 Å². The highest BCUT2D eigenvalue weighted by atomic mass is 32.2. The predicted molar refractivity (Wildman–Crippen MR) is 52.6 cm³/mol. The van der Waals surface area contributed by atoms with E-state index in [1.807, 2.05) is 13.2 Å². The normalized spacial score (nSPS) is 25.9. The quantitative estimate of drug-likeness (QED) is 0.587. The first-order valence-electron chi connectivity index (χ1n) is 4.18. The molecule has 1 aromatic heterocycles. The standard InChI is InChI=1S/C8H11N3O2S/c1-4-12-7(13-4)5-3-10-8(14-2)11-6(5)9/h3-4,7H,1-2H3,(H2,9,10,11). The fourth-order valence-corrected chi connectivity index (χ4v) is 1.52. The molecule has 14 heavy (non-hydrogen) atoms. The summed E-state index contributed by atoms with van der Waals surface area (Å²) in [5.41, 5.74) is 6.42. The number of thioether (sulfide) groups is 1. The number of hydrogen-bond donors (Lipinski definition) is 1. The maximum absolute atomic E-state index is 5.73. The van der Waals surface area contributed by atoms with Gasteiger partial charge in [0.15, 0.2) is 17.7 Å². The van der Waals surface area contributed by atoms with Crippen LogP contribution in [0.5, 0.6) is 0 Å². The van der Waals surface area contributed by atoms with E-state index in [9.17, 15) is 0 Å². The summed E-state index contributed by atoms with van der Waals surface area (Å²) < 4.78 is 10.6. The number of nitrogens with zero attached hydrogens (tertiary/aromatic N) is 2. The van der Waals surface area contributed by atoms with E-state index in [0.29, 0.717) is 16.5 Å². The van der Waals surface area contributed by atoms with Gasteiger partial charge in [0.1, 0.15) is 5.82 Å². The highest BCUT2D eigenvalue weighted by molar-refractivity contribution is 7.98. The molecular weight excluding hydrogens is 202 g/mol. The Morgan fingerprint density at radius 2 is 2.21 bits per heavy atom. The zero-order valence-electron chi connectivity index (χ0n) is 7.93. The third-order valence-electron chi connectivity index (χ3n) is 1.89. The van der Waals surface area contributed by atoms with Gasteiger partial charge in [0, 0.05) is 6.20 Å². The van der Waals surface area contributed by atoms with E-state index in [-0.39, 0.29) is 6.29 Å². The Morgan fingerprint density at radius 1 is 1.50 bits per heavy atom. The van der Waals surface area contributed by atoms with Crippen LogP contribution in [-0.4, -0.2) is 22.5 Å². The number of nitrogens with two attached hydrogens (primary N) is 1. The summed E-state index contributed by atoms with van der Waals surface area (Å²) >= 11 is 1.45. The molecule has 0 unspecified atom stereocenters. The fraction of sp³-hybridized carbons (Fsp3) is 0.500. The summed E-state index contributed by atoms with van der Waals surface area (Å²) in [5.74, 6) is 0.418. The van der Waals surface area contributed by atoms with Crippen LogP contribution in [-0.2, 0) is 9.47 Å². The summed E-state index contributed by atoms with van der Waals surface area (Å²) in [6.07, 6.45) is 2.97. The van der Waals surface area contributed by atoms with Gasteiger partial charge in [0.05, 0.1) is 5.56 Å². The van der Waals surface area contributed by atoms with E-state index in [0.717, 1.165) is 0 Å². The second-order valence-corrected chi connectivity index (χ2v) is 3.64. The molecule has 76 valence electrons. The van der Waals surface area contributed by atoms with E-state index < -0.39 is 6.29 Å². The van der Waals surface area contributed by atoms with Crippen molar-refractivity contribution in [3.8, 4) is 0 Å². The molecule has 0 radical (unpaired) electrons. The molecule has 0 amide bonds. The summed E-state index contributed by atoms with van der Waals surface area (Å²) in [6.45, 7) is 1.82. The first-order valence-corrected chi connectivity index (χ1v) is 5.40. The first-order chi connectivity index (χ1) is 6.70. The average molecular weight is 213 g/mol. The average Bonchev–Trinajstić information content (AvgIpc) is 2.13. The van der Waals surface area contributed by atoms with Crippen molar-refractivity contribution >= 4 is 17.6 Å². The van der Waals surface area contributed by atoms with Crippen molar-refractivity contribution in [2.45, 2.75) is 24.7 Å². The molecule has 0 aromatic carbocycles. The number of rotatable bonds is 2. The second kappa shape index (κ2) is 3.72. The van der Waals surface area contributed by atoms with Crippen LogP contribution in [0.4, 0.5) is 5.82 Å². The van der Waals surface area contributed by atoms with Crippen LogP contribution >= 0.6 is 11.8 Å². The van der Waals surface area contributed by atoms with Gasteiger partial charge in [-0.2, -0.15) is 0 Å². The van der Waals surface area contributed by atoms with E-state index in [1.54, 1.807) is 6.20 Å². The molecule has 2 N–H and O–H groups in total. The molecule has 0 aliphatic carbocycles. The Morgan fingerprint density at radius 3 is 2.71 bits per heavy atom. The number of hydrogen-bond acceptors (Lipinski definition) is 6. The molecule has 5 nitrogen and oxygen atoms in total. The number of aromatic nitrogens is 2. The Hall–Kier alpha value is -0.850. The molecule has 2 rings (SSSR count). The molecular formula is C8H11N3O2S. The van der Waals surface area contributed by atoms with Crippen molar-refractivity contribution in [1.82, 2.24) is 9.97 Å². The van der Waals surface area contributed by atoms with Gasteiger partial charge < -0.3 is 15.2 Å². The maximum Gasteiger partial charge on any atom is 0.194 e. The first kappa shape index (κ1) is 9.70. The topological polar surface area (TPSA) is 70.3 Å². The van der Waals surface area contributed by atoms with Crippen LogP contribution in [0.2, 0.25) is 0 Å². The molecule has 1 aliphatic rings. The van der Waals surface area contributed by atoms with Gasteiger partial charge in [-0.15, -0.1) is 0 Å². The predicted octanol–water partition coefficient (Wildman–Crippen LogP) is 1.17. The minimum Gasteiger partial charge on any atom is -0.383 e.